The van der Waals surface area contributed by atoms with Gasteiger partial charge in [-0.2, -0.15) is 0 Å². The van der Waals surface area contributed by atoms with Crippen LogP contribution in [-0.2, 0) is 12.8 Å². The minimum atomic E-state index is -1.01. The molecule has 1 unspecified atom stereocenters. The van der Waals surface area contributed by atoms with E-state index in [1.807, 2.05) is 13.0 Å². The second-order valence-corrected chi connectivity index (χ2v) is 6.06. The van der Waals surface area contributed by atoms with Crippen molar-refractivity contribution in [1.29, 1.82) is 0 Å². The summed E-state index contributed by atoms with van der Waals surface area (Å²) in [6.45, 7) is 1.89. The van der Waals surface area contributed by atoms with Gasteiger partial charge in [-0.05, 0) is 67.5 Å². The van der Waals surface area contributed by atoms with Gasteiger partial charge in [0.25, 0.3) is 5.91 Å². The monoisotopic (exact) mass is 315 g/mol. The molecule has 23 heavy (non-hydrogen) atoms. The Morgan fingerprint density at radius 3 is 2.48 bits per heavy atom. The molecule has 0 saturated carbocycles. The van der Waals surface area contributed by atoms with E-state index >= 15 is 0 Å². The Labute approximate surface area is 134 Å². The van der Waals surface area contributed by atoms with E-state index in [-0.39, 0.29) is 11.6 Å². The zero-order valence-corrected chi connectivity index (χ0v) is 13.0. The van der Waals surface area contributed by atoms with Crippen molar-refractivity contribution in [2.24, 2.45) is 0 Å². The van der Waals surface area contributed by atoms with Crippen LogP contribution in [0.4, 0.5) is 8.78 Å². The van der Waals surface area contributed by atoms with Crippen molar-refractivity contribution >= 4 is 5.91 Å². The molecule has 0 bridgehead atoms. The van der Waals surface area contributed by atoms with Crippen LogP contribution in [0.15, 0.2) is 36.4 Å². The molecule has 0 aromatic heterocycles. The van der Waals surface area contributed by atoms with Crippen LogP contribution in [0.25, 0.3) is 0 Å². The molecular weight excluding hydrogens is 296 g/mol. The first-order valence-corrected chi connectivity index (χ1v) is 7.92. The second kappa shape index (κ2) is 6.49. The second-order valence-electron chi connectivity index (χ2n) is 6.06. The zero-order chi connectivity index (χ0) is 16.4. The summed E-state index contributed by atoms with van der Waals surface area (Å²) >= 11 is 0. The number of hydrogen-bond donors (Lipinski definition) is 1. The number of aryl methyl sites for hydroxylation is 2. The summed E-state index contributed by atoms with van der Waals surface area (Å²) in [5, 5.41) is 2.84. The van der Waals surface area contributed by atoms with Crippen LogP contribution in [0.3, 0.4) is 0 Å². The first kappa shape index (κ1) is 15.7. The number of hydrogen-bond acceptors (Lipinski definition) is 1. The number of rotatable bonds is 3. The van der Waals surface area contributed by atoms with Crippen molar-refractivity contribution in [3.05, 3.63) is 70.3 Å². The zero-order valence-electron chi connectivity index (χ0n) is 13.0. The molecule has 1 amide bonds. The minimum absolute atomic E-state index is 0.119. The molecule has 0 aliphatic heterocycles. The lowest BCUT2D eigenvalue weighted by Crippen LogP contribution is -2.27. The van der Waals surface area contributed by atoms with Gasteiger partial charge in [0.15, 0.2) is 11.6 Å². The average molecular weight is 315 g/mol. The van der Waals surface area contributed by atoms with E-state index in [0.717, 1.165) is 30.5 Å². The van der Waals surface area contributed by atoms with Crippen molar-refractivity contribution in [1.82, 2.24) is 5.32 Å². The molecule has 4 heteroatoms. The maximum atomic E-state index is 13.2. The lowest BCUT2D eigenvalue weighted by molar-refractivity contribution is 0.0939. The van der Waals surface area contributed by atoms with Crippen LogP contribution in [0, 0.1) is 11.6 Å². The molecule has 0 spiro atoms. The highest BCUT2D eigenvalue weighted by Crippen LogP contribution is 2.25. The maximum Gasteiger partial charge on any atom is 0.251 e. The Hall–Kier alpha value is -2.23. The van der Waals surface area contributed by atoms with Crippen molar-refractivity contribution in [3.63, 3.8) is 0 Å². The Balaban J connectivity index is 1.74. The lowest BCUT2D eigenvalue weighted by atomic mass is 9.89. The fourth-order valence-corrected chi connectivity index (χ4v) is 3.02. The highest BCUT2D eigenvalue weighted by Gasteiger charge is 2.16. The largest absolute Gasteiger partial charge is 0.346 e. The van der Waals surface area contributed by atoms with Crippen LogP contribution < -0.4 is 5.32 Å². The number of carbonyl (C=O) groups is 1. The number of nitrogens with one attached hydrogen (secondary N) is 1. The summed E-state index contributed by atoms with van der Waals surface area (Å²) in [5.41, 5.74) is 3.89. The van der Waals surface area contributed by atoms with Gasteiger partial charge in [0.05, 0.1) is 6.04 Å². The normalized spacial score (nSPS) is 14.9. The van der Waals surface area contributed by atoms with Gasteiger partial charge in [-0.25, -0.2) is 8.78 Å². The van der Waals surface area contributed by atoms with E-state index in [9.17, 15) is 13.6 Å². The van der Waals surface area contributed by atoms with Gasteiger partial charge < -0.3 is 5.32 Å². The Kier molecular flexibility index (Phi) is 4.42. The predicted octanol–water partition coefficient (Wildman–Crippen LogP) is 4.33. The van der Waals surface area contributed by atoms with Crippen molar-refractivity contribution in [3.8, 4) is 0 Å². The number of amides is 1. The maximum absolute atomic E-state index is 13.2. The molecule has 3 rings (SSSR count). The van der Waals surface area contributed by atoms with Gasteiger partial charge in [0.2, 0.25) is 0 Å². The van der Waals surface area contributed by atoms with Crippen molar-refractivity contribution < 1.29 is 13.6 Å². The Morgan fingerprint density at radius 1 is 1.00 bits per heavy atom. The van der Waals surface area contributed by atoms with E-state index in [0.29, 0.717) is 0 Å². The standard InChI is InChI=1S/C19H19F2NO/c1-12(14-7-6-13-4-2-3-5-15(13)10-14)22-19(23)16-8-9-17(20)18(21)11-16/h6-12H,2-5H2,1H3,(H,22,23). The molecular formula is C19H19F2NO. The molecule has 1 aliphatic rings. The minimum Gasteiger partial charge on any atom is -0.346 e. The molecule has 120 valence electrons. The molecule has 1 atom stereocenters. The first-order valence-electron chi connectivity index (χ1n) is 7.92. The van der Waals surface area contributed by atoms with Gasteiger partial charge in [0, 0.05) is 5.56 Å². The summed E-state index contributed by atoms with van der Waals surface area (Å²) in [4.78, 5) is 12.2. The Bertz CT molecular complexity index is 742. The lowest BCUT2D eigenvalue weighted by Gasteiger charge is -2.20. The quantitative estimate of drug-likeness (QED) is 0.897. The van der Waals surface area contributed by atoms with E-state index in [4.69, 9.17) is 0 Å². The summed E-state index contributed by atoms with van der Waals surface area (Å²) < 4.78 is 26.2. The molecule has 2 nitrogen and oxygen atoms in total. The SMILES string of the molecule is CC(NC(=O)c1ccc(F)c(F)c1)c1ccc2c(c1)CCCC2. The van der Waals surface area contributed by atoms with Gasteiger partial charge in [-0.15, -0.1) is 0 Å². The highest BCUT2D eigenvalue weighted by molar-refractivity contribution is 5.94. The van der Waals surface area contributed by atoms with E-state index < -0.39 is 17.5 Å². The third-order valence-corrected chi connectivity index (χ3v) is 4.40. The summed E-state index contributed by atoms with van der Waals surface area (Å²) in [7, 11) is 0. The van der Waals surface area contributed by atoms with Crippen molar-refractivity contribution in [2.75, 3.05) is 0 Å². The molecule has 1 aliphatic carbocycles. The fourth-order valence-electron chi connectivity index (χ4n) is 3.02. The fraction of sp³-hybridized carbons (Fsp3) is 0.316. The summed E-state index contributed by atoms with van der Waals surface area (Å²) in [6.07, 6.45) is 4.62. The van der Waals surface area contributed by atoms with Gasteiger partial charge >= 0.3 is 0 Å². The molecule has 1 N–H and O–H groups in total. The molecule has 0 radical (unpaired) electrons. The van der Waals surface area contributed by atoms with Gasteiger partial charge in [0.1, 0.15) is 0 Å². The molecule has 0 heterocycles. The van der Waals surface area contributed by atoms with E-state index in [1.54, 1.807) is 0 Å². The van der Waals surface area contributed by atoms with E-state index in [1.165, 1.54) is 30.0 Å². The molecule has 2 aromatic rings. The number of carbonyl (C=O) groups excluding carboxylic acids is 1. The van der Waals surface area contributed by atoms with Crippen LogP contribution in [0.1, 0.15) is 52.9 Å². The molecule has 0 saturated heterocycles. The topological polar surface area (TPSA) is 29.1 Å². The molecule has 0 fully saturated rings. The third kappa shape index (κ3) is 3.41. The van der Waals surface area contributed by atoms with Crippen LogP contribution in [0.2, 0.25) is 0 Å². The highest BCUT2D eigenvalue weighted by atomic mass is 19.2. The smallest absolute Gasteiger partial charge is 0.251 e. The number of benzene rings is 2. The Morgan fingerprint density at radius 2 is 1.74 bits per heavy atom. The summed E-state index contributed by atoms with van der Waals surface area (Å²) in [5.74, 6) is -2.38. The van der Waals surface area contributed by atoms with Gasteiger partial charge in [-0.1, -0.05) is 18.2 Å². The third-order valence-electron chi connectivity index (χ3n) is 4.40. The van der Waals surface area contributed by atoms with Crippen molar-refractivity contribution in [2.45, 2.75) is 38.6 Å². The van der Waals surface area contributed by atoms with Crippen LogP contribution >= 0.6 is 0 Å². The van der Waals surface area contributed by atoms with Gasteiger partial charge in [-0.3, -0.25) is 4.79 Å². The van der Waals surface area contributed by atoms with Crippen LogP contribution in [-0.4, -0.2) is 5.91 Å². The summed E-state index contributed by atoms with van der Waals surface area (Å²) in [6, 6.07) is 9.28. The first-order chi connectivity index (χ1) is 11.0. The number of halogens is 2. The average Bonchev–Trinajstić information content (AvgIpc) is 2.56. The molecule has 2 aromatic carbocycles. The van der Waals surface area contributed by atoms with E-state index in [2.05, 4.69) is 17.4 Å². The van der Waals surface area contributed by atoms with Crippen LogP contribution in [0.5, 0.6) is 0 Å². The predicted molar refractivity (Wildman–Crippen MR) is 85.3 cm³/mol. The number of fused-ring (bicyclic) bond motifs is 1.